The number of carbonyl (C=O) groups is 1. The molecule has 2 N–H and O–H groups in total. The highest BCUT2D eigenvalue weighted by Gasteiger charge is 2.34. The molecule has 0 amide bonds. The predicted molar refractivity (Wildman–Crippen MR) is 103 cm³/mol. The van der Waals surface area contributed by atoms with Gasteiger partial charge in [-0.15, -0.1) is 0 Å². The van der Waals surface area contributed by atoms with Gasteiger partial charge in [0.1, 0.15) is 6.10 Å². The molecule has 3 unspecified atom stereocenters. The van der Waals surface area contributed by atoms with Crippen LogP contribution in [0.25, 0.3) is 0 Å². The lowest BCUT2D eigenvalue weighted by atomic mass is 10.00. The van der Waals surface area contributed by atoms with Crippen molar-refractivity contribution < 1.29 is 14.6 Å². The van der Waals surface area contributed by atoms with E-state index in [9.17, 15) is 9.90 Å². The van der Waals surface area contributed by atoms with Crippen LogP contribution in [0.15, 0.2) is 54.6 Å². The second kappa shape index (κ2) is 9.28. The summed E-state index contributed by atoms with van der Waals surface area (Å²) in [7, 11) is 0. The molecule has 3 atom stereocenters. The Morgan fingerprint density at radius 3 is 2.69 bits per heavy atom. The van der Waals surface area contributed by atoms with E-state index in [0.29, 0.717) is 23.6 Å². The first-order chi connectivity index (χ1) is 12.6. The molecule has 0 bridgehead atoms. The number of ketones is 1. The maximum Gasteiger partial charge on any atom is 0.191 e. The molecule has 1 saturated carbocycles. The van der Waals surface area contributed by atoms with Gasteiger partial charge >= 0.3 is 0 Å². The van der Waals surface area contributed by atoms with Crippen LogP contribution in [0.3, 0.4) is 0 Å². The largest absolute Gasteiger partial charge is 0.391 e. The van der Waals surface area contributed by atoms with E-state index in [1.807, 2.05) is 30.3 Å². The highest BCUT2D eigenvalue weighted by atomic mass is 35.5. The quantitative estimate of drug-likeness (QED) is 0.495. The Labute approximate surface area is 159 Å². The van der Waals surface area contributed by atoms with Crippen LogP contribution < -0.4 is 5.32 Å². The van der Waals surface area contributed by atoms with Gasteiger partial charge in [-0.3, -0.25) is 4.79 Å². The topological polar surface area (TPSA) is 58.6 Å². The molecule has 0 heterocycles. The lowest BCUT2D eigenvalue weighted by Crippen LogP contribution is -2.29. The van der Waals surface area contributed by atoms with Crippen molar-refractivity contribution >= 4 is 17.4 Å². The molecule has 1 fully saturated rings. The molecular formula is C21H24ClNO3. The third-order valence-electron chi connectivity index (χ3n) is 4.47. The summed E-state index contributed by atoms with van der Waals surface area (Å²) >= 11 is 6.02. The number of hydrogen-bond acceptors (Lipinski definition) is 4. The van der Waals surface area contributed by atoms with Crippen LogP contribution in [0.4, 0.5) is 0 Å². The van der Waals surface area contributed by atoms with Gasteiger partial charge < -0.3 is 15.2 Å². The maximum atomic E-state index is 12.9. The lowest BCUT2D eigenvalue weighted by Gasteiger charge is -2.17. The molecule has 0 aromatic heterocycles. The Morgan fingerprint density at radius 1 is 1.23 bits per heavy atom. The van der Waals surface area contributed by atoms with Gasteiger partial charge in [0, 0.05) is 29.7 Å². The zero-order chi connectivity index (χ0) is 18.4. The minimum Gasteiger partial charge on any atom is -0.391 e. The van der Waals surface area contributed by atoms with Gasteiger partial charge in [0.15, 0.2) is 5.78 Å². The smallest absolute Gasteiger partial charge is 0.191 e. The summed E-state index contributed by atoms with van der Waals surface area (Å²) < 4.78 is 5.94. The van der Waals surface area contributed by atoms with Crippen LogP contribution in [-0.4, -0.2) is 42.3 Å². The highest BCUT2D eigenvalue weighted by molar-refractivity contribution is 6.31. The van der Waals surface area contributed by atoms with Gasteiger partial charge in [0.25, 0.3) is 0 Å². The molecule has 3 rings (SSSR count). The van der Waals surface area contributed by atoms with Crippen molar-refractivity contribution in [2.75, 3.05) is 13.2 Å². The molecule has 2 aromatic rings. The van der Waals surface area contributed by atoms with Gasteiger partial charge in [0.05, 0.1) is 6.10 Å². The van der Waals surface area contributed by atoms with E-state index in [4.69, 9.17) is 16.3 Å². The maximum absolute atomic E-state index is 12.9. The first kappa shape index (κ1) is 19.1. The third kappa shape index (κ3) is 5.64. The van der Waals surface area contributed by atoms with E-state index in [-0.39, 0.29) is 17.9 Å². The summed E-state index contributed by atoms with van der Waals surface area (Å²) in [5, 5.41) is 13.1. The van der Waals surface area contributed by atoms with Crippen LogP contribution in [0.1, 0.15) is 28.8 Å². The molecule has 0 spiro atoms. The van der Waals surface area contributed by atoms with Crippen molar-refractivity contribution in [3.8, 4) is 0 Å². The predicted octanol–water partition coefficient (Wildman–Crippen LogP) is 3.26. The van der Waals surface area contributed by atoms with E-state index in [2.05, 4.69) is 5.32 Å². The second-order valence-electron chi connectivity index (χ2n) is 6.64. The second-order valence-corrected chi connectivity index (χ2v) is 7.08. The normalized spacial score (nSPS) is 19.9. The average Bonchev–Trinajstić information content (AvgIpc) is 3.36. The number of carbonyl (C=O) groups excluding carboxylic acids is 1. The van der Waals surface area contributed by atoms with Crippen molar-refractivity contribution in [2.45, 2.75) is 37.5 Å². The van der Waals surface area contributed by atoms with Crippen molar-refractivity contribution in [1.29, 1.82) is 0 Å². The van der Waals surface area contributed by atoms with Gasteiger partial charge in [0.2, 0.25) is 0 Å². The summed E-state index contributed by atoms with van der Waals surface area (Å²) in [5.41, 5.74) is 1.63. The first-order valence-electron chi connectivity index (χ1n) is 9.00. The van der Waals surface area contributed by atoms with Gasteiger partial charge in [-0.2, -0.15) is 0 Å². The van der Waals surface area contributed by atoms with Crippen LogP contribution in [-0.2, 0) is 11.2 Å². The van der Waals surface area contributed by atoms with Gasteiger partial charge in [-0.25, -0.2) is 0 Å². The summed E-state index contributed by atoms with van der Waals surface area (Å²) in [6.07, 6.45) is 1.40. The molecule has 138 valence electrons. The van der Waals surface area contributed by atoms with Crippen molar-refractivity contribution in [2.24, 2.45) is 0 Å². The molecular weight excluding hydrogens is 350 g/mol. The average molecular weight is 374 g/mol. The number of Topliss-reactive ketones (excluding diaryl/α,β-unsaturated/α-hetero) is 1. The lowest BCUT2D eigenvalue weighted by molar-refractivity contribution is 0.0403. The highest BCUT2D eigenvalue weighted by Crippen LogP contribution is 2.20. The molecule has 2 aromatic carbocycles. The van der Waals surface area contributed by atoms with Crippen molar-refractivity contribution in [1.82, 2.24) is 5.32 Å². The molecule has 0 aliphatic heterocycles. The van der Waals surface area contributed by atoms with E-state index in [0.717, 1.165) is 24.9 Å². The Bertz CT molecular complexity index is 722. The number of rotatable bonds is 10. The van der Waals surface area contributed by atoms with Crippen molar-refractivity contribution in [3.05, 3.63) is 70.7 Å². The summed E-state index contributed by atoms with van der Waals surface area (Å²) in [4.78, 5) is 12.9. The zero-order valence-corrected chi connectivity index (χ0v) is 15.4. The third-order valence-corrected chi connectivity index (χ3v) is 4.70. The molecule has 0 radical (unpaired) electrons. The van der Waals surface area contributed by atoms with E-state index in [1.165, 1.54) is 0 Å². The number of aliphatic hydroxyl groups is 1. The van der Waals surface area contributed by atoms with Gasteiger partial charge in [-0.1, -0.05) is 54.1 Å². The Kier molecular flexibility index (Phi) is 6.80. The first-order valence-corrected chi connectivity index (χ1v) is 9.38. The molecule has 5 heteroatoms. The summed E-state index contributed by atoms with van der Waals surface area (Å²) in [6.45, 7) is 1.25. The SMILES string of the molecule is O=C(c1cccc(Cl)c1)C(Cc1ccccc1)OCCCNC1CC1O. The molecule has 1 aliphatic rings. The Morgan fingerprint density at radius 2 is 2.00 bits per heavy atom. The van der Waals surface area contributed by atoms with Crippen LogP contribution in [0, 0.1) is 0 Å². The van der Waals surface area contributed by atoms with Crippen LogP contribution >= 0.6 is 11.6 Å². The summed E-state index contributed by atoms with van der Waals surface area (Å²) in [6, 6.07) is 17.1. The molecule has 4 nitrogen and oxygen atoms in total. The monoisotopic (exact) mass is 373 g/mol. The molecule has 1 aliphatic carbocycles. The molecule has 26 heavy (non-hydrogen) atoms. The van der Waals surface area contributed by atoms with Crippen LogP contribution in [0.2, 0.25) is 5.02 Å². The minimum atomic E-state index is -0.539. The number of ether oxygens (including phenoxy) is 1. The summed E-state index contributed by atoms with van der Waals surface area (Å²) in [5.74, 6) is -0.0538. The van der Waals surface area contributed by atoms with E-state index in [1.54, 1.807) is 24.3 Å². The molecule has 0 saturated heterocycles. The zero-order valence-electron chi connectivity index (χ0n) is 14.6. The van der Waals surface area contributed by atoms with Crippen LogP contribution in [0.5, 0.6) is 0 Å². The van der Waals surface area contributed by atoms with E-state index < -0.39 is 6.10 Å². The number of benzene rings is 2. The van der Waals surface area contributed by atoms with Crippen molar-refractivity contribution in [3.63, 3.8) is 0 Å². The fourth-order valence-corrected chi connectivity index (χ4v) is 3.06. The number of nitrogens with one attached hydrogen (secondary N) is 1. The number of halogens is 1. The van der Waals surface area contributed by atoms with E-state index >= 15 is 0 Å². The van der Waals surface area contributed by atoms with Gasteiger partial charge in [-0.05, 0) is 37.1 Å². The minimum absolute atomic E-state index is 0.0538. The number of hydrogen-bond donors (Lipinski definition) is 2. The standard InChI is InChI=1S/C21H24ClNO3/c22-17-9-4-8-16(13-17)21(25)20(12-15-6-2-1-3-7-15)26-11-5-10-23-18-14-19(18)24/h1-4,6-9,13,18-20,23-24H,5,10-12,14H2. The Hall–Kier alpha value is -1.72. The number of aliphatic hydroxyl groups excluding tert-OH is 1. The fraction of sp³-hybridized carbons (Fsp3) is 0.381. The fourth-order valence-electron chi connectivity index (χ4n) is 2.87. The Balaban J connectivity index is 1.58.